The van der Waals surface area contributed by atoms with E-state index in [1.807, 2.05) is 6.92 Å². The molecule has 2 aromatic heterocycles. The van der Waals surface area contributed by atoms with E-state index in [9.17, 15) is 8.42 Å². The SMILES string of the molecule is Cc1ccc(S(=O)(=O)OCCOCn2cnc3c(N)ncnc32)cc1. The first-order valence-corrected chi connectivity index (χ1v) is 8.83. The summed E-state index contributed by atoms with van der Waals surface area (Å²) in [6, 6.07) is 6.44. The van der Waals surface area contributed by atoms with Crippen molar-refractivity contribution < 1.29 is 17.3 Å². The zero-order valence-electron chi connectivity index (χ0n) is 13.5. The Morgan fingerprint density at radius 1 is 1.12 bits per heavy atom. The van der Waals surface area contributed by atoms with Crippen LogP contribution in [0.15, 0.2) is 41.8 Å². The van der Waals surface area contributed by atoms with Crippen LogP contribution in [0.1, 0.15) is 5.56 Å². The quantitative estimate of drug-likeness (QED) is 0.489. The van der Waals surface area contributed by atoms with Crippen molar-refractivity contribution in [2.45, 2.75) is 18.6 Å². The summed E-state index contributed by atoms with van der Waals surface area (Å²) in [6.45, 7) is 2.01. The lowest BCUT2D eigenvalue weighted by molar-refractivity contribution is 0.0570. The third-order valence-electron chi connectivity index (χ3n) is 3.44. The lowest BCUT2D eigenvalue weighted by Crippen LogP contribution is -2.13. The molecular formula is C15H17N5O4S. The summed E-state index contributed by atoms with van der Waals surface area (Å²) < 4.78 is 36.1. The maximum Gasteiger partial charge on any atom is 0.297 e. The largest absolute Gasteiger partial charge is 0.382 e. The molecule has 0 aliphatic heterocycles. The average Bonchev–Trinajstić information content (AvgIpc) is 2.99. The van der Waals surface area contributed by atoms with Crippen LogP contribution in [0, 0.1) is 6.92 Å². The number of hydrogen-bond acceptors (Lipinski definition) is 8. The van der Waals surface area contributed by atoms with Gasteiger partial charge in [-0.05, 0) is 19.1 Å². The molecule has 3 rings (SSSR count). The van der Waals surface area contributed by atoms with Gasteiger partial charge in [-0.15, -0.1) is 0 Å². The fourth-order valence-corrected chi connectivity index (χ4v) is 3.02. The molecule has 0 saturated heterocycles. The summed E-state index contributed by atoms with van der Waals surface area (Å²) >= 11 is 0. The van der Waals surface area contributed by atoms with Gasteiger partial charge in [0.2, 0.25) is 0 Å². The Balaban J connectivity index is 1.51. The number of nitrogen functional groups attached to an aromatic ring is 1. The molecule has 0 radical (unpaired) electrons. The second-order valence-electron chi connectivity index (χ2n) is 5.27. The first-order valence-electron chi connectivity index (χ1n) is 7.42. The Hall–Kier alpha value is -2.56. The van der Waals surface area contributed by atoms with E-state index in [1.54, 1.807) is 16.7 Å². The van der Waals surface area contributed by atoms with Crippen LogP contribution < -0.4 is 5.73 Å². The molecule has 9 nitrogen and oxygen atoms in total. The van der Waals surface area contributed by atoms with Gasteiger partial charge in [-0.3, -0.25) is 8.75 Å². The summed E-state index contributed by atoms with van der Waals surface area (Å²) in [4.78, 5) is 12.2. The van der Waals surface area contributed by atoms with Gasteiger partial charge in [-0.25, -0.2) is 15.0 Å². The smallest absolute Gasteiger partial charge is 0.297 e. The molecule has 0 aliphatic rings. The van der Waals surface area contributed by atoms with E-state index in [1.165, 1.54) is 24.8 Å². The highest BCUT2D eigenvalue weighted by Gasteiger charge is 2.14. The third kappa shape index (κ3) is 3.92. The van der Waals surface area contributed by atoms with E-state index in [4.69, 9.17) is 14.7 Å². The second kappa shape index (κ2) is 7.13. The molecule has 1 aromatic carbocycles. The van der Waals surface area contributed by atoms with Crippen molar-refractivity contribution in [2.75, 3.05) is 18.9 Å². The van der Waals surface area contributed by atoms with Gasteiger partial charge in [0, 0.05) is 0 Å². The number of anilines is 1. The monoisotopic (exact) mass is 363 g/mol. The van der Waals surface area contributed by atoms with Gasteiger partial charge in [-0.2, -0.15) is 8.42 Å². The van der Waals surface area contributed by atoms with Crippen molar-refractivity contribution in [3.8, 4) is 0 Å². The second-order valence-corrected chi connectivity index (χ2v) is 6.89. The highest BCUT2D eigenvalue weighted by molar-refractivity contribution is 7.86. The molecule has 2 heterocycles. The van der Waals surface area contributed by atoms with E-state index in [0.717, 1.165) is 5.56 Å². The van der Waals surface area contributed by atoms with Crippen molar-refractivity contribution >= 4 is 27.1 Å². The molecule has 2 N–H and O–H groups in total. The van der Waals surface area contributed by atoms with E-state index in [0.29, 0.717) is 11.2 Å². The predicted molar refractivity (Wildman–Crippen MR) is 90.0 cm³/mol. The summed E-state index contributed by atoms with van der Waals surface area (Å²) in [5, 5.41) is 0. The van der Waals surface area contributed by atoms with Gasteiger partial charge in [-0.1, -0.05) is 17.7 Å². The maximum absolute atomic E-state index is 12.0. The summed E-state index contributed by atoms with van der Waals surface area (Å²) in [6.07, 6.45) is 2.87. The third-order valence-corrected chi connectivity index (χ3v) is 4.76. The van der Waals surface area contributed by atoms with Crippen LogP contribution in [0.5, 0.6) is 0 Å². The number of nitrogens with two attached hydrogens (primary N) is 1. The number of aromatic nitrogens is 4. The highest BCUT2D eigenvalue weighted by Crippen LogP contribution is 2.15. The Bertz CT molecular complexity index is 969. The molecule has 132 valence electrons. The van der Waals surface area contributed by atoms with Crippen LogP contribution in [0.4, 0.5) is 5.82 Å². The summed E-state index contributed by atoms with van der Waals surface area (Å²) in [5.74, 6) is 0.288. The summed E-state index contributed by atoms with van der Waals surface area (Å²) in [5.41, 5.74) is 7.71. The fourth-order valence-electron chi connectivity index (χ4n) is 2.13. The molecule has 0 spiro atoms. The normalized spacial score (nSPS) is 11.9. The van der Waals surface area contributed by atoms with Gasteiger partial charge in [0.05, 0.1) is 24.4 Å². The van der Waals surface area contributed by atoms with Gasteiger partial charge in [0.25, 0.3) is 10.1 Å². The molecule has 3 aromatic rings. The van der Waals surface area contributed by atoms with Crippen LogP contribution in [0.3, 0.4) is 0 Å². The number of benzene rings is 1. The molecular weight excluding hydrogens is 346 g/mol. The van der Waals surface area contributed by atoms with Crippen molar-refractivity contribution in [1.82, 2.24) is 19.5 Å². The van der Waals surface area contributed by atoms with Gasteiger partial charge < -0.3 is 10.5 Å². The number of nitrogens with zero attached hydrogens (tertiary/aromatic N) is 4. The van der Waals surface area contributed by atoms with Crippen LogP contribution in [-0.2, 0) is 25.8 Å². The molecule has 25 heavy (non-hydrogen) atoms. The first kappa shape index (κ1) is 17.3. The first-order chi connectivity index (χ1) is 12.0. The molecule has 0 bridgehead atoms. The van der Waals surface area contributed by atoms with Crippen molar-refractivity contribution in [2.24, 2.45) is 0 Å². The van der Waals surface area contributed by atoms with Gasteiger partial charge in [0.15, 0.2) is 11.5 Å². The number of hydrogen-bond donors (Lipinski definition) is 1. The van der Waals surface area contributed by atoms with Crippen molar-refractivity contribution in [1.29, 1.82) is 0 Å². The van der Waals surface area contributed by atoms with Crippen molar-refractivity contribution in [3.63, 3.8) is 0 Å². The Morgan fingerprint density at radius 2 is 1.88 bits per heavy atom. The highest BCUT2D eigenvalue weighted by atomic mass is 32.2. The van der Waals surface area contributed by atoms with E-state index < -0.39 is 10.1 Å². The number of fused-ring (bicyclic) bond motifs is 1. The maximum atomic E-state index is 12.0. The lowest BCUT2D eigenvalue weighted by Gasteiger charge is -2.08. The predicted octanol–water partition coefficient (Wildman–Crippen LogP) is 1.10. The fraction of sp³-hybridized carbons (Fsp3) is 0.267. The van der Waals surface area contributed by atoms with E-state index in [-0.39, 0.29) is 30.7 Å². The molecule has 0 unspecified atom stereocenters. The minimum atomic E-state index is -3.79. The van der Waals surface area contributed by atoms with Crippen LogP contribution in [0.25, 0.3) is 11.2 Å². The zero-order chi connectivity index (χ0) is 17.9. The number of imidazole rings is 1. The Morgan fingerprint density at radius 3 is 2.64 bits per heavy atom. The minimum absolute atomic E-state index is 0.0886. The molecule has 0 atom stereocenters. The minimum Gasteiger partial charge on any atom is -0.382 e. The van der Waals surface area contributed by atoms with Crippen molar-refractivity contribution in [3.05, 3.63) is 42.5 Å². The average molecular weight is 363 g/mol. The number of rotatable bonds is 7. The molecule has 0 aliphatic carbocycles. The Kier molecular flexibility index (Phi) is 4.93. The van der Waals surface area contributed by atoms with Gasteiger partial charge >= 0.3 is 0 Å². The van der Waals surface area contributed by atoms with Crippen LogP contribution >= 0.6 is 0 Å². The van der Waals surface area contributed by atoms with Gasteiger partial charge in [0.1, 0.15) is 18.6 Å². The number of ether oxygens (including phenoxy) is 1. The standard InChI is InChI=1S/C15H17N5O4S/c1-11-2-4-12(5-3-11)25(21,22)24-7-6-23-10-20-9-19-13-14(16)17-8-18-15(13)20/h2-5,8-9H,6-7,10H2,1H3,(H2,16,17,18). The topological polar surface area (TPSA) is 122 Å². The van der Waals surface area contributed by atoms with Crippen LogP contribution in [0.2, 0.25) is 0 Å². The summed E-state index contributed by atoms with van der Waals surface area (Å²) in [7, 11) is -3.79. The molecule has 0 amide bonds. The number of aryl methyl sites for hydroxylation is 1. The molecule has 0 saturated carbocycles. The van der Waals surface area contributed by atoms with E-state index in [2.05, 4.69) is 15.0 Å². The Labute approximate surface area is 144 Å². The van der Waals surface area contributed by atoms with E-state index >= 15 is 0 Å². The molecule has 10 heteroatoms. The lowest BCUT2D eigenvalue weighted by atomic mass is 10.2. The van der Waals surface area contributed by atoms with Crippen LogP contribution in [-0.4, -0.2) is 41.2 Å². The molecule has 0 fully saturated rings. The zero-order valence-corrected chi connectivity index (χ0v) is 14.3.